The molecule has 0 N–H and O–H groups in total. The van der Waals surface area contributed by atoms with Gasteiger partial charge < -0.3 is 4.74 Å². The summed E-state index contributed by atoms with van der Waals surface area (Å²) in [5.74, 6) is 0.565. The Kier molecular flexibility index (Phi) is 6.26. The second-order valence-electron chi connectivity index (χ2n) is 4.03. The number of hydrogen-bond donors (Lipinski definition) is 0. The van der Waals surface area contributed by atoms with Gasteiger partial charge in [-0.1, -0.05) is 40.2 Å². The molecule has 0 bridgehead atoms. The molecule has 0 spiro atoms. The van der Waals surface area contributed by atoms with Crippen LogP contribution in [0.2, 0.25) is 0 Å². The van der Waals surface area contributed by atoms with Crippen molar-refractivity contribution in [1.82, 2.24) is 0 Å². The van der Waals surface area contributed by atoms with Gasteiger partial charge in [0.1, 0.15) is 6.10 Å². The molecule has 2 nitrogen and oxygen atoms in total. The Balaban J connectivity index is 4.30. The number of esters is 1. The lowest BCUT2D eigenvalue weighted by Gasteiger charge is -2.26. The van der Waals surface area contributed by atoms with E-state index in [2.05, 4.69) is 27.7 Å². The molecule has 0 saturated carbocycles. The number of hydrogen-bond acceptors (Lipinski definition) is 2. The van der Waals surface area contributed by atoms with E-state index in [1.165, 1.54) is 6.08 Å². The maximum absolute atomic E-state index is 11.3. The fourth-order valence-corrected chi connectivity index (χ4v) is 1.45. The van der Waals surface area contributed by atoms with E-state index < -0.39 is 0 Å². The lowest BCUT2D eigenvalue weighted by atomic mass is 9.93. The fraction of sp³-hybridized carbons (Fsp3) is 0.750. The molecule has 2 heteroatoms. The highest BCUT2D eigenvalue weighted by molar-refractivity contribution is 5.81. The Morgan fingerprint density at radius 2 is 1.93 bits per heavy atom. The van der Waals surface area contributed by atoms with Crippen LogP contribution in [0.5, 0.6) is 0 Å². The van der Waals surface area contributed by atoms with Gasteiger partial charge in [-0.2, -0.15) is 0 Å². The standard InChI is InChI=1S/C12H22O2/c1-6-8-11(13)14-12(9(3)4)10(5)7-2/h6,8-10,12H,7H2,1-5H3. The van der Waals surface area contributed by atoms with Crippen molar-refractivity contribution in [2.45, 2.75) is 47.1 Å². The number of carbonyl (C=O) groups is 1. The van der Waals surface area contributed by atoms with Crippen molar-refractivity contribution >= 4 is 5.97 Å². The van der Waals surface area contributed by atoms with Crippen molar-refractivity contribution in [3.05, 3.63) is 12.2 Å². The fourth-order valence-electron chi connectivity index (χ4n) is 1.45. The summed E-state index contributed by atoms with van der Waals surface area (Å²) < 4.78 is 5.38. The Hall–Kier alpha value is -0.790. The highest BCUT2D eigenvalue weighted by Crippen LogP contribution is 2.19. The molecular weight excluding hydrogens is 176 g/mol. The molecule has 0 saturated heterocycles. The summed E-state index contributed by atoms with van der Waals surface area (Å²) in [7, 11) is 0. The molecule has 82 valence electrons. The first-order valence-electron chi connectivity index (χ1n) is 5.36. The molecule has 0 aromatic heterocycles. The molecular formula is C12H22O2. The van der Waals surface area contributed by atoms with Gasteiger partial charge in [0.05, 0.1) is 0 Å². The van der Waals surface area contributed by atoms with Crippen molar-refractivity contribution < 1.29 is 9.53 Å². The maximum atomic E-state index is 11.3. The average molecular weight is 198 g/mol. The summed E-state index contributed by atoms with van der Waals surface area (Å²) >= 11 is 0. The van der Waals surface area contributed by atoms with Crippen LogP contribution in [0.25, 0.3) is 0 Å². The molecule has 14 heavy (non-hydrogen) atoms. The van der Waals surface area contributed by atoms with Crippen molar-refractivity contribution in [3.63, 3.8) is 0 Å². The van der Waals surface area contributed by atoms with Gasteiger partial charge in [-0.3, -0.25) is 0 Å². The third-order valence-corrected chi connectivity index (χ3v) is 2.42. The largest absolute Gasteiger partial charge is 0.459 e. The maximum Gasteiger partial charge on any atom is 0.330 e. The van der Waals surface area contributed by atoms with E-state index in [1.54, 1.807) is 6.08 Å². The normalized spacial score (nSPS) is 15.9. The first-order chi connectivity index (χ1) is 6.52. The van der Waals surface area contributed by atoms with E-state index in [-0.39, 0.29) is 12.1 Å². The van der Waals surface area contributed by atoms with Crippen LogP contribution in [-0.2, 0) is 9.53 Å². The Morgan fingerprint density at radius 1 is 1.36 bits per heavy atom. The van der Waals surface area contributed by atoms with Crippen LogP contribution in [0.4, 0.5) is 0 Å². The van der Waals surface area contributed by atoms with Crippen LogP contribution >= 0.6 is 0 Å². The summed E-state index contributed by atoms with van der Waals surface area (Å²) in [5.41, 5.74) is 0. The van der Waals surface area contributed by atoms with Gasteiger partial charge in [0.15, 0.2) is 0 Å². The highest BCUT2D eigenvalue weighted by Gasteiger charge is 2.22. The van der Waals surface area contributed by atoms with Crippen LogP contribution in [-0.4, -0.2) is 12.1 Å². The minimum absolute atomic E-state index is 0.0312. The lowest BCUT2D eigenvalue weighted by Crippen LogP contribution is -2.29. The van der Waals surface area contributed by atoms with Gasteiger partial charge in [-0.25, -0.2) is 4.79 Å². The number of allylic oxidation sites excluding steroid dienone is 1. The SMILES string of the molecule is CC=CC(=O)OC(C(C)C)C(C)CC. The topological polar surface area (TPSA) is 26.3 Å². The second kappa shape index (κ2) is 6.63. The van der Waals surface area contributed by atoms with Gasteiger partial charge >= 0.3 is 5.97 Å². The lowest BCUT2D eigenvalue weighted by molar-refractivity contribution is -0.148. The van der Waals surface area contributed by atoms with Crippen LogP contribution in [0, 0.1) is 11.8 Å². The number of ether oxygens (including phenoxy) is 1. The van der Waals surface area contributed by atoms with Crippen LogP contribution < -0.4 is 0 Å². The van der Waals surface area contributed by atoms with Gasteiger partial charge in [-0.15, -0.1) is 0 Å². The van der Waals surface area contributed by atoms with Gasteiger partial charge in [0.25, 0.3) is 0 Å². The predicted octanol–water partition coefficient (Wildman–Crippen LogP) is 3.18. The van der Waals surface area contributed by atoms with E-state index >= 15 is 0 Å². The quantitative estimate of drug-likeness (QED) is 0.501. The molecule has 0 aliphatic rings. The van der Waals surface area contributed by atoms with Crippen LogP contribution in [0.1, 0.15) is 41.0 Å². The molecule has 0 rings (SSSR count). The van der Waals surface area contributed by atoms with Crippen molar-refractivity contribution in [1.29, 1.82) is 0 Å². The predicted molar refractivity (Wildman–Crippen MR) is 59.0 cm³/mol. The molecule has 0 fully saturated rings. The van der Waals surface area contributed by atoms with E-state index in [1.807, 2.05) is 6.92 Å². The first-order valence-corrected chi connectivity index (χ1v) is 5.36. The van der Waals surface area contributed by atoms with Crippen LogP contribution in [0.15, 0.2) is 12.2 Å². The molecule has 0 aliphatic carbocycles. The second-order valence-corrected chi connectivity index (χ2v) is 4.03. The van der Waals surface area contributed by atoms with E-state index in [0.717, 1.165) is 6.42 Å². The Morgan fingerprint density at radius 3 is 2.29 bits per heavy atom. The van der Waals surface area contributed by atoms with Crippen molar-refractivity contribution in [2.24, 2.45) is 11.8 Å². The Bertz CT molecular complexity index is 194. The monoisotopic (exact) mass is 198 g/mol. The molecule has 0 aliphatic heterocycles. The van der Waals surface area contributed by atoms with Gasteiger partial charge in [0, 0.05) is 6.08 Å². The highest BCUT2D eigenvalue weighted by atomic mass is 16.5. The molecule has 0 aromatic rings. The zero-order chi connectivity index (χ0) is 11.1. The molecule has 0 aromatic carbocycles. The summed E-state index contributed by atoms with van der Waals surface area (Å²) in [6.07, 6.45) is 4.24. The molecule has 0 radical (unpaired) electrons. The van der Waals surface area contributed by atoms with Crippen molar-refractivity contribution in [3.8, 4) is 0 Å². The molecule has 0 heterocycles. The van der Waals surface area contributed by atoms with E-state index in [9.17, 15) is 4.79 Å². The van der Waals surface area contributed by atoms with Crippen LogP contribution in [0.3, 0.4) is 0 Å². The summed E-state index contributed by atoms with van der Waals surface area (Å²) in [5, 5.41) is 0. The summed E-state index contributed by atoms with van der Waals surface area (Å²) in [6, 6.07) is 0. The van der Waals surface area contributed by atoms with Gasteiger partial charge in [-0.05, 0) is 18.8 Å². The molecule has 2 unspecified atom stereocenters. The minimum atomic E-state index is -0.230. The molecule has 0 amide bonds. The smallest absolute Gasteiger partial charge is 0.330 e. The van der Waals surface area contributed by atoms with E-state index in [0.29, 0.717) is 11.8 Å². The van der Waals surface area contributed by atoms with Crippen molar-refractivity contribution in [2.75, 3.05) is 0 Å². The summed E-state index contributed by atoms with van der Waals surface area (Å²) in [6.45, 7) is 10.2. The third-order valence-electron chi connectivity index (χ3n) is 2.42. The summed E-state index contributed by atoms with van der Waals surface area (Å²) in [4.78, 5) is 11.3. The third kappa shape index (κ3) is 4.45. The zero-order valence-electron chi connectivity index (χ0n) is 9.91. The van der Waals surface area contributed by atoms with E-state index in [4.69, 9.17) is 4.74 Å². The average Bonchev–Trinajstić information content (AvgIpc) is 2.13. The minimum Gasteiger partial charge on any atom is -0.459 e. The number of rotatable bonds is 5. The van der Waals surface area contributed by atoms with Gasteiger partial charge in [0.2, 0.25) is 0 Å². The molecule has 2 atom stereocenters. The first kappa shape index (κ1) is 13.2. The zero-order valence-corrected chi connectivity index (χ0v) is 9.91. The number of carbonyl (C=O) groups excluding carboxylic acids is 1. The Labute approximate surface area is 87.3 Å².